The van der Waals surface area contributed by atoms with Crippen LogP contribution in [0.2, 0.25) is 0 Å². The summed E-state index contributed by atoms with van der Waals surface area (Å²) in [4.78, 5) is 46.8. The molecule has 0 radical (unpaired) electrons. The van der Waals surface area contributed by atoms with Gasteiger partial charge in [-0.2, -0.15) is 0 Å². The van der Waals surface area contributed by atoms with Crippen molar-refractivity contribution in [2.45, 2.75) is 63.5 Å². The van der Waals surface area contributed by atoms with Crippen molar-refractivity contribution in [3.63, 3.8) is 0 Å². The standard InChI is InChI=1S/C27H36N8O2/c1-17-14-34(25(37)27(9-10-27)24(36)29-4)18(2)13-33(17)22-21-23(32-16-31-22)35(15-26(21)7-5-8-26)20-12-19(28-3)6-11-30-20/h6,11-12,16-18H,5,7-10,13-15H2,1-4H3,(H,28,30)(H,29,36)/t17-,18+/m0/s1. The van der Waals surface area contributed by atoms with E-state index in [1.165, 1.54) is 12.0 Å². The third kappa shape index (κ3) is 3.55. The summed E-state index contributed by atoms with van der Waals surface area (Å²) in [7, 11) is 3.52. The minimum atomic E-state index is -0.869. The largest absolute Gasteiger partial charge is 0.388 e. The minimum Gasteiger partial charge on any atom is -0.388 e. The number of pyridine rings is 1. The molecule has 2 aliphatic heterocycles. The Morgan fingerprint density at radius 2 is 1.76 bits per heavy atom. The number of rotatable bonds is 5. The lowest BCUT2D eigenvalue weighted by atomic mass is 9.66. The molecule has 2 aromatic heterocycles. The zero-order valence-corrected chi connectivity index (χ0v) is 22.1. The Bertz CT molecular complexity index is 1240. The van der Waals surface area contributed by atoms with Gasteiger partial charge in [-0.25, -0.2) is 15.0 Å². The second-order valence-electron chi connectivity index (χ2n) is 11.2. The van der Waals surface area contributed by atoms with Crippen LogP contribution in [-0.4, -0.2) is 77.5 Å². The van der Waals surface area contributed by atoms with Gasteiger partial charge in [0.05, 0.1) is 0 Å². The summed E-state index contributed by atoms with van der Waals surface area (Å²) >= 11 is 0. The number of fused-ring (bicyclic) bond motifs is 2. The van der Waals surface area contributed by atoms with Gasteiger partial charge in [-0.3, -0.25) is 9.59 Å². The topological polar surface area (TPSA) is 107 Å². The maximum atomic E-state index is 13.5. The molecule has 4 aliphatic rings. The molecule has 2 aliphatic carbocycles. The van der Waals surface area contributed by atoms with Gasteiger partial charge in [-0.15, -0.1) is 0 Å². The summed E-state index contributed by atoms with van der Waals surface area (Å²) in [5.74, 6) is 2.63. The normalized spacial score (nSPS) is 24.9. The van der Waals surface area contributed by atoms with Crippen molar-refractivity contribution >= 4 is 35.0 Å². The third-order valence-electron chi connectivity index (χ3n) is 9.02. The lowest BCUT2D eigenvalue weighted by molar-refractivity contribution is -0.146. The van der Waals surface area contributed by atoms with E-state index < -0.39 is 5.41 Å². The highest BCUT2D eigenvalue weighted by Crippen LogP contribution is 2.56. The highest BCUT2D eigenvalue weighted by atomic mass is 16.2. The van der Waals surface area contributed by atoms with E-state index in [2.05, 4.69) is 45.3 Å². The summed E-state index contributed by atoms with van der Waals surface area (Å²) in [6.07, 6.45) is 8.18. The number of nitrogens with one attached hydrogen (secondary N) is 2. The van der Waals surface area contributed by atoms with E-state index in [0.717, 1.165) is 42.5 Å². The van der Waals surface area contributed by atoms with Gasteiger partial charge < -0.3 is 25.3 Å². The number of hydrogen-bond acceptors (Lipinski definition) is 8. The van der Waals surface area contributed by atoms with Crippen molar-refractivity contribution < 1.29 is 9.59 Å². The molecule has 2 atom stereocenters. The molecule has 2 saturated carbocycles. The monoisotopic (exact) mass is 504 g/mol. The molecule has 6 rings (SSSR count). The second kappa shape index (κ2) is 8.56. The number of amides is 2. The van der Waals surface area contributed by atoms with E-state index in [1.54, 1.807) is 13.4 Å². The molecular weight excluding hydrogens is 468 g/mol. The Kier molecular flexibility index (Phi) is 5.54. The number of aromatic nitrogens is 3. The van der Waals surface area contributed by atoms with E-state index in [9.17, 15) is 9.59 Å². The number of piperazine rings is 1. The number of nitrogens with zero attached hydrogens (tertiary/aromatic N) is 6. The van der Waals surface area contributed by atoms with Crippen LogP contribution < -0.4 is 20.4 Å². The SMILES string of the molecule is CNC(=O)C1(C(=O)N2C[C@H](C)N(c3ncnc4c3C3(CCC3)CN4c3cc(NC)ccn3)C[C@H]2C)CC1. The maximum absolute atomic E-state index is 13.5. The second-order valence-corrected chi connectivity index (χ2v) is 11.2. The quantitative estimate of drug-likeness (QED) is 0.598. The fourth-order valence-corrected chi connectivity index (χ4v) is 6.53. The number of hydrogen-bond donors (Lipinski definition) is 2. The zero-order chi connectivity index (χ0) is 25.9. The van der Waals surface area contributed by atoms with Crippen LogP contribution in [0.25, 0.3) is 0 Å². The van der Waals surface area contributed by atoms with Crippen molar-refractivity contribution in [2.75, 3.05) is 48.8 Å². The van der Waals surface area contributed by atoms with Gasteiger partial charge >= 0.3 is 0 Å². The van der Waals surface area contributed by atoms with Crippen LogP contribution >= 0.6 is 0 Å². The first-order valence-electron chi connectivity index (χ1n) is 13.4. The smallest absolute Gasteiger partial charge is 0.238 e. The van der Waals surface area contributed by atoms with E-state index in [-0.39, 0.29) is 29.3 Å². The summed E-state index contributed by atoms with van der Waals surface area (Å²) < 4.78 is 0. The Morgan fingerprint density at radius 1 is 1.00 bits per heavy atom. The Balaban J connectivity index is 1.32. The molecule has 196 valence electrons. The average molecular weight is 505 g/mol. The molecule has 4 heterocycles. The Labute approximate surface area is 217 Å². The van der Waals surface area contributed by atoms with Gasteiger partial charge in [0.25, 0.3) is 0 Å². The van der Waals surface area contributed by atoms with Gasteiger partial charge in [0.15, 0.2) is 0 Å². The predicted octanol–water partition coefficient (Wildman–Crippen LogP) is 2.44. The third-order valence-corrected chi connectivity index (χ3v) is 9.02. The summed E-state index contributed by atoms with van der Waals surface area (Å²) in [6, 6.07) is 4.07. The highest BCUT2D eigenvalue weighted by molar-refractivity contribution is 6.08. The van der Waals surface area contributed by atoms with Crippen molar-refractivity contribution in [2.24, 2.45) is 5.41 Å². The van der Waals surface area contributed by atoms with Crippen LogP contribution in [-0.2, 0) is 15.0 Å². The first-order valence-corrected chi connectivity index (χ1v) is 13.4. The van der Waals surface area contributed by atoms with Gasteiger partial charge in [-0.1, -0.05) is 6.42 Å². The summed E-state index contributed by atoms with van der Waals surface area (Å²) in [6.45, 7) is 6.32. The summed E-state index contributed by atoms with van der Waals surface area (Å²) in [5.41, 5.74) is 1.40. The Morgan fingerprint density at radius 3 is 2.41 bits per heavy atom. The fourth-order valence-electron chi connectivity index (χ4n) is 6.53. The van der Waals surface area contributed by atoms with Crippen LogP contribution in [0.5, 0.6) is 0 Å². The lowest BCUT2D eigenvalue weighted by Crippen LogP contribution is -2.61. The molecule has 10 nitrogen and oxygen atoms in total. The average Bonchev–Trinajstić information content (AvgIpc) is 3.63. The van der Waals surface area contributed by atoms with Crippen LogP contribution in [0.3, 0.4) is 0 Å². The van der Waals surface area contributed by atoms with Crippen LogP contribution in [0.4, 0.5) is 23.1 Å². The van der Waals surface area contributed by atoms with Gasteiger partial charge in [0.1, 0.15) is 29.2 Å². The zero-order valence-electron chi connectivity index (χ0n) is 22.1. The van der Waals surface area contributed by atoms with Crippen LogP contribution in [0, 0.1) is 5.41 Å². The first kappa shape index (κ1) is 23.9. The van der Waals surface area contributed by atoms with Gasteiger partial charge in [0.2, 0.25) is 11.8 Å². The molecule has 1 saturated heterocycles. The first-order chi connectivity index (χ1) is 17.8. The fraction of sp³-hybridized carbons (Fsp3) is 0.593. The van der Waals surface area contributed by atoms with E-state index in [1.807, 2.05) is 24.2 Å². The molecule has 3 fully saturated rings. The molecule has 10 heteroatoms. The molecule has 2 aromatic rings. The van der Waals surface area contributed by atoms with E-state index in [0.29, 0.717) is 25.9 Å². The van der Waals surface area contributed by atoms with E-state index in [4.69, 9.17) is 9.97 Å². The van der Waals surface area contributed by atoms with Gasteiger partial charge in [-0.05, 0) is 45.6 Å². The molecule has 0 aromatic carbocycles. The molecule has 0 bridgehead atoms. The molecule has 1 spiro atoms. The van der Waals surface area contributed by atoms with Crippen LogP contribution in [0.1, 0.15) is 51.5 Å². The van der Waals surface area contributed by atoms with Crippen molar-refractivity contribution in [1.29, 1.82) is 0 Å². The number of anilines is 4. The van der Waals surface area contributed by atoms with Crippen molar-refractivity contribution in [3.8, 4) is 0 Å². The highest BCUT2D eigenvalue weighted by Gasteiger charge is 2.59. The predicted molar refractivity (Wildman–Crippen MR) is 142 cm³/mol. The number of carbonyl (C=O) groups excluding carboxylic acids is 2. The molecule has 37 heavy (non-hydrogen) atoms. The van der Waals surface area contributed by atoms with E-state index >= 15 is 0 Å². The Hall–Kier alpha value is -3.43. The van der Waals surface area contributed by atoms with Crippen molar-refractivity contribution in [3.05, 3.63) is 30.2 Å². The molecule has 2 amide bonds. The maximum Gasteiger partial charge on any atom is 0.238 e. The summed E-state index contributed by atoms with van der Waals surface area (Å²) in [5, 5.41) is 5.91. The number of carbonyl (C=O) groups is 2. The lowest BCUT2D eigenvalue weighted by Gasteiger charge is -2.47. The molecular formula is C27H36N8O2. The molecule has 0 unspecified atom stereocenters. The molecule has 2 N–H and O–H groups in total. The van der Waals surface area contributed by atoms with Crippen LogP contribution in [0.15, 0.2) is 24.7 Å². The van der Waals surface area contributed by atoms with Gasteiger partial charge in [0, 0.05) is 74.7 Å². The van der Waals surface area contributed by atoms with Crippen molar-refractivity contribution in [1.82, 2.24) is 25.2 Å². The minimum absolute atomic E-state index is 0.0243.